The SMILES string of the molecule is O.[CH2-]C.[Ir].c1ccc(-c2ccccn2)nc1. The van der Waals surface area contributed by atoms with Crippen molar-refractivity contribution in [3.8, 4) is 11.4 Å². The Bertz CT molecular complexity index is 316. The second-order valence-corrected chi connectivity index (χ2v) is 2.43. The van der Waals surface area contributed by atoms with Gasteiger partial charge in [0.15, 0.2) is 0 Å². The van der Waals surface area contributed by atoms with Gasteiger partial charge in [0, 0.05) is 32.5 Å². The molecule has 0 saturated carbocycles. The summed E-state index contributed by atoms with van der Waals surface area (Å²) in [7, 11) is 0. The van der Waals surface area contributed by atoms with Crippen molar-refractivity contribution in [2.24, 2.45) is 0 Å². The van der Waals surface area contributed by atoms with Crippen molar-refractivity contribution in [1.82, 2.24) is 9.97 Å². The van der Waals surface area contributed by atoms with Crippen molar-refractivity contribution in [1.29, 1.82) is 0 Å². The molecule has 0 saturated heterocycles. The summed E-state index contributed by atoms with van der Waals surface area (Å²) in [6.45, 7) is 5.00. The average Bonchev–Trinajstić information content (AvgIpc) is 2.34. The molecule has 3 nitrogen and oxygen atoms in total. The number of hydrogen-bond donors (Lipinski definition) is 0. The molecular formula is C12H15IrN2O-. The third-order valence-corrected chi connectivity index (χ3v) is 1.59. The molecule has 0 aromatic carbocycles. The van der Waals surface area contributed by atoms with Crippen LogP contribution in [0.2, 0.25) is 0 Å². The van der Waals surface area contributed by atoms with Gasteiger partial charge in [-0.2, -0.15) is 6.92 Å². The second kappa shape index (κ2) is 10.4. The second-order valence-electron chi connectivity index (χ2n) is 2.43. The van der Waals surface area contributed by atoms with E-state index in [1.54, 1.807) is 19.3 Å². The van der Waals surface area contributed by atoms with Crippen LogP contribution in [0.3, 0.4) is 0 Å². The molecule has 2 rings (SSSR count). The summed E-state index contributed by atoms with van der Waals surface area (Å²) in [5.74, 6) is 0. The van der Waals surface area contributed by atoms with Gasteiger partial charge in [0.2, 0.25) is 0 Å². The van der Waals surface area contributed by atoms with E-state index in [4.69, 9.17) is 0 Å². The van der Waals surface area contributed by atoms with Crippen LogP contribution in [0.1, 0.15) is 6.92 Å². The molecule has 2 heterocycles. The van der Waals surface area contributed by atoms with E-state index in [1.807, 2.05) is 36.4 Å². The van der Waals surface area contributed by atoms with E-state index in [0.717, 1.165) is 11.4 Å². The predicted octanol–water partition coefficient (Wildman–Crippen LogP) is 2.16. The maximum absolute atomic E-state index is 4.19. The van der Waals surface area contributed by atoms with Crippen LogP contribution < -0.4 is 0 Å². The summed E-state index contributed by atoms with van der Waals surface area (Å²) in [6, 6.07) is 11.6. The normalized spacial score (nSPS) is 7.62. The Kier molecular flexibility index (Phi) is 11.3. The Morgan fingerprint density at radius 2 is 1.19 bits per heavy atom. The van der Waals surface area contributed by atoms with Crippen LogP contribution >= 0.6 is 0 Å². The molecule has 0 aliphatic rings. The molecule has 0 aliphatic carbocycles. The number of aromatic nitrogens is 2. The Hall–Kier alpha value is -1.09. The van der Waals surface area contributed by atoms with Gasteiger partial charge >= 0.3 is 0 Å². The van der Waals surface area contributed by atoms with Crippen LogP contribution in [0, 0.1) is 6.92 Å². The van der Waals surface area contributed by atoms with Crippen molar-refractivity contribution in [3.63, 3.8) is 0 Å². The molecule has 2 aromatic heterocycles. The summed E-state index contributed by atoms with van der Waals surface area (Å²) < 4.78 is 0. The number of hydrogen-bond acceptors (Lipinski definition) is 2. The van der Waals surface area contributed by atoms with Gasteiger partial charge in [0.1, 0.15) is 0 Å². The van der Waals surface area contributed by atoms with Crippen LogP contribution in [-0.2, 0) is 20.1 Å². The molecule has 0 aliphatic heterocycles. The Balaban J connectivity index is 0. The first-order valence-corrected chi connectivity index (χ1v) is 4.50. The Morgan fingerprint density at radius 3 is 1.44 bits per heavy atom. The van der Waals surface area contributed by atoms with Gasteiger partial charge in [-0.15, -0.1) is 0 Å². The molecule has 0 amide bonds. The molecule has 89 valence electrons. The molecule has 0 fully saturated rings. The van der Waals surface area contributed by atoms with E-state index in [1.165, 1.54) is 0 Å². The molecule has 0 atom stereocenters. The van der Waals surface area contributed by atoms with E-state index in [2.05, 4.69) is 16.9 Å². The van der Waals surface area contributed by atoms with Gasteiger partial charge in [-0.05, 0) is 24.3 Å². The Morgan fingerprint density at radius 1 is 0.812 bits per heavy atom. The quantitative estimate of drug-likeness (QED) is 0.695. The zero-order chi connectivity index (χ0) is 10.2. The minimum Gasteiger partial charge on any atom is -0.412 e. The van der Waals surface area contributed by atoms with E-state index in [9.17, 15) is 0 Å². The van der Waals surface area contributed by atoms with Crippen molar-refractivity contribution in [2.45, 2.75) is 6.92 Å². The minimum absolute atomic E-state index is 0. The first kappa shape index (κ1) is 17.3. The monoisotopic (exact) mass is 396 g/mol. The third-order valence-electron chi connectivity index (χ3n) is 1.59. The van der Waals surface area contributed by atoms with Crippen molar-refractivity contribution in [3.05, 3.63) is 55.7 Å². The third kappa shape index (κ3) is 5.12. The number of pyridine rings is 2. The van der Waals surface area contributed by atoms with Crippen LogP contribution in [0.25, 0.3) is 11.4 Å². The summed E-state index contributed by atoms with van der Waals surface area (Å²) >= 11 is 0. The van der Waals surface area contributed by atoms with Crippen molar-refractivity contribution < 1.29 is 25.6 Å². The predicted molar refractivity (Wildman–Crippen MR) is 62.1 cm³/mol. The van der Waals surface area contributed by atoms with Crippen LogP contribution in [0.15, 0.2) is 48.8 Å². The molecule has 0 unspecified atom stereocenters. The van der Waals surface area contributed by atoms with Gasteiger partial charge in [0.05, 0.1) is 11.4 Å². The van der Waals surface area contributed by atoms with E-state index in [0.29, 0.717) is 0 Å². The summed E-state index contributed by atoms with van der Waals surface area (Å²) in [6.07, 6.45) is 3.54. The number of nitrogens with zero attached hydrogens (tertiary/aromatic N) is 2. The smallest absolute Gasteiger partial charge is 0.0886 e. The molecule has 4 heteroatoms. The van der Waals surface area contributed by atoms with Gasteiger partial charge in [-0.3, -0.25) is 9.97 Å². The molecule has 16 heavy (non-hydrogen) atoms. The summed E-state index contributed by atoms with van der Waals surface area (Å²) in [4.78, 5) is 8.37. The molecule has 1 radical (unpaired) electrons. The van der Waals surface area contributed by atoms with Gasteiger partial charge in [-0.25, -0.2) is 0 Å². The van der Waals surface area contributed by atoms with Crippen LogP contribution in [0.4, 0.5) is 0 Å². The number of rotatable bonds is 1. The average molecular weight is 395 g/mol. The van der Waals surface area contributed by atoms with E-state index >= 15 is 0 Å². The first-order valence-electron chi connectivity index (χ1n) is 4.50. The van der Waals surface area contributed by atoms with Crippen LogP contribution in [-0.4, -0.2) is 15.4 Å². The van der Waals surface area contributed by atoms with Gasteiger partial charge in [0.25, 0.3) is 0 Å². The summed E-state index contributed by atoms with van der Waals surface area (Å²) in [5.41, 5.74) is 1.83. The van der Waals surface area contributed by atoms with E-state index in [-0.39, 0.29) is 25.6 Å². The fraction of sp³-hybridized carbons (Fsp3) is 0.0833. The fourth-order valence-corrected chi connectivity index (χ4v) is 1.03. The van der Waals surface area contributed by atoms with Gasteiger partial charge in [-0.1, -0.05) is 12.1 Å². The largest absolute Gasteiger partial charge is 0.412 e. The molecule has 2 N–H and O–H groups in total. The molecule has 0 bridgehead atoms. The molecule has 2 aromatic rings. The topological polar surface area (TPSA) is 57.3 Å². The molecular weight excluding hydrogens is 380 g/mol. The zero-order valence-corrected chi connectivity index (χ0v) is 11.4. The summed E-state index contributed by atoms with van der Waals surface area (Å²) in [5, 5.41) is 0. The fourth-order valence-electron chi connectivity index (χ4n) is 1.03. The van der Waals surface area contributed by atoms with Crippen molar-refractivity contribution >= 4 is 0 Å². The first-order chi connectivity index (χ1) is 6.97. The van der Waals surface area contributed by atoms with Crippen LogP contribution in [0.5, 0.6) is 0 Å². The standard InChI is InChI=1S/C10H8N2.C2H5.Ir.H2O/c1-3-7-11-9(5-1)10-6-2-4-8-12-10;1-2;;/h1-8H;1H2,2H3;;1H2/q;-1;;. The Labute approximate surface area is 110 Å². The molecule has 0 spiro atoms. The van der Waals surface area contributed by atoms with Crippen molar-refractivity contribution in [2.75, 3.05) is 0 Å². The maximum atomic E-state index is 4.19. The van der Waals surface area contributed by atoms with Gasteiger partial charge < -0.3 is 12.4 Å². The maximum Gasteiger partial charge on any atom is 0.0886 e. The zero-order valence-electron chi connectivity index (χ0n) is 9.05. The minimum atomic E-state index is 0. The van der Waals surface area contributed by atoms with E-state index < -0.39 is 0 Å².